The van der Waals surface area contributed by atoms with Gasteiger partial charge in [-0.2, -0.15) is 0 Å². The van der Waals surface area contributed by atoms with Gasteiger partial charge in [-0.3, -0.25) is 0 Å². The minimum atomic E-state index is -0.714. The molecule has 0 radical (unpaired) electrons. The number of halogens is 2. The van der Waals surface area contributed by atoms with Gasteiger partial charge in [0.15, 0.2) is 34.9 Å². The van der Waals surface area contributed by atoms with Crippen LogP contribution in [-0.2, 0) is 0 Å². The van der Waals surface area contributed by atoms with Crippen LogP contribution in [0.2, 0.25) is 0 Å². The number of rotatable bonds is 8. The number of aromatic amines is 1. The van der Waals surface area contributed by atoms with Crippen molar-refractivity contribution in [3.05, 3.63) is 315 Å². The zero-order chi connectivity index (χ0) is 59.6. The number of benzene rings is 12. The molecule has 11 heteroatoms. The predicted molar refractivity (Wildman–Crippen MR) is 357 cm³/mol. The lowest BCUT2D eigenvalue weighted by Gasteiger charge is -2.19. The van der Waals surface area contributed by atoms with E-state index in [0.717, 1.165) is 61.3 Å². The zero-order valence-electron chi connectivity index (χ0n) is 47.7. The second kappa shape index (κ2) is 23.4. The molecule has 5 heterocycles. The predicted octanol–water partition coefficient (Wildman–Crippen LogP) is 19.5. The molecule has 0 aliphatic heterocycles. The molecule has 0 amide bonds. The number of aromatic nitrogens is 9. The van der Waals surface area contributed by atoms with Gasteiger partial charge in [-0.15, -0.1) is 0 Å². The fourth-order valence-corrected chi connectivity index (χ4v) is 11.8. The first-order valence-electron chi connectivity index (χ1n) is 29.2. The molecule has 9 nitrogen and oxygen atoms in total. The van der Waals surface area contributed by atoms with Gasteiger partial charge in [-0.1, -0.05) is 243 Å². The minimum absolute atomic E-state index is 0.0340. The molecule has 17 rings (SSSR count). The Balaban J connectivity index is 0.000000140. The van der Waals surface area contributed by atoms with Crippen molar-refractivity contribution in [1.82, 2.24) is 44.0 Å². The fourth-order valence-electron chi connectivity index (χ4n) is 11.8. The minimum Gasteiger partial charge on any atom is -0.355 e. The van der Waals surface area contributed by atoms with Gasteiger partial charge in [0.25, 0.3) is 0 Å². The van der Waals surface area contributed by atoms with E-state index in [1.165, 1.54) is 61.5 Å². The Kier molecular flexibility index (Phi) is 14.1. The summed E-state index contributed by atoms with van der Waals surface area (Å²) >= 11 is 0. The van der Waals surface area contributed by atoms with Gasteiger partial charge in [-0.05, 0) is 60.7 Å². The summed E-state index contributed by atoms with van der Waals surface area (Å²) in [5.74, 6) is 1.11. The van der Waals surface area contributed by atoms with Crippen LogP contribution in [0.3, 0.4) is 0 Å². The lowest BCUT2D eigenvalue weighted by molar-refractivity contribution is 0.587. The Hall–Kier alpha value is -12.1. The summed E-state index contributed by atoms with van der Waals surface area (Å²) in [6, 6.07) is 100. The maximum atomic E-state index is 14.3. The van der Waals surface area contributed by atoms with Crippen LogP contribution in [0.25, 0.3) is 145 Å². The summed E-state index contributed by atoms with van der Waals surface area (Å²) in [5, 5.41) is 7.39. The molecule has 422 valence electrons. The number of para-hydroxylation sites is 6. The van der Waals surface area contributed by atoms with Gasteiger partial charge in [0, 0.05) is 65.6 Å². The maximum absolute atomic E-state index is 14.3. The molecule has 0 unspecified atom stereocenters. The van der Waals surface area contributed by atoms with E-state index in [2.05, 4.69) is 217 Å². The average molecular weight is 1150 g/mol. The second-order valence-electron chi connectivity index (χ2n) is 21.3. The van der Waals surface area contributed by atoms with Gasteiger partial charge >= 0.3 is 0 Å². The number of fused-ring (bicyclic) bond motifs is 9. The summed E-state index contributed by atoms with van der Waals surface area (Å²) in [6.07, 6.45) is 0. The van der Waals surface area contributed by atoms with Crippen LogP contribution >= 0.6 is 0 Å². The first-order valence-corrected chi connectivity index (χ1v) is 29.2. The van der Waals surface area contributed by atoms with E-state index in [0.29, 0.717) is 29.1 Å². The topological polar surface area (TPSA) is 103 Å². The zero-order valence-corrected chi connectivity index (χ0v) is 47.7. The standard InChI is InChI=1S/C45H29N5.C21H13F2N3.C12H9N/c1-3-16-30(17-4-1)43-46-44(31-18-5-2-6-19-31)48-45(47-43)42-40(49-36-24-11-7-20-32(36)33-21-8-12-25-37(33)49)28-15-29-41(42)50-38-26-13-9-22-34(38)35-23-10-14-27-39(35)50;22-16-12-7-13-17(23)18(16)21-25-19(14-8-3-1-4-9-14)24-20(26-21)15-10-5-2-6-11-15;1-3-7-11-9(5-1)10-6-2-4-8-12(10)13-11/h1-29H;1-13H;1-8,13H. The van der Waals surface area contributed by atoms with E-state index in [9.17, 15) is 8.78 Å². The highest BCUT2D eigenvalue weighted by molar-refractivity contribution is 6.12. The molecule has 0 aliphatic carbocycles. The highest BCUT2D eigenvalue weighted by Crippen LogP contribution is 2.42. The van der Waals surface area contributed by atoms with Gasteiger partial charge < -0.3 is 14.1 Å². The van der Waals surface area contributed by atoms with Crippen molar-refractivity contribution < 1.29 is 8.78 Å². The molecule has 12 aromatic carbocycles. The lowest BCUT2D eigenvalue weighted by atomic mass is 10.1. The quantitative estimate of drug-likeness (QED) is 0.163. The van der Waals surface area contributed by atoms with Crippen molar-refractivity contribution >= 4 is 65.4 Å². The summed E-state index contributed by atoms with van der Waals surface area (Å²) in [4.78, 5) is 32.2. The monoisotopic (exact) mass is 1150 g/mol. The van der Waals surface area contributed by atoms with E-state index in [4.69, 9.17) is 15.0 Å². The number of H-pyrrole nitrogens is 1. The molecule has 0 saturated heterocycles. The Morgan fingerprint density at radius 1 is 0.225 bits per heavy atom. The average Bonchev–Trinajstić information content (AvgIpc) is 1.85. The van der Waals surface area contributed by atoms with Crippen molar-refractivity contribution in [3.63, 3.8) is 0 Å². The van der Waals surface area contributed by atoms with Crippen LogP contribution < -0.4 is 0 Å². The van der Waals surface area contributed by atoms with E-state index < -0.39 is 11.6 Å². The van der Waals surface area contributed by atoms with Gasteiger partial charge in [0.1, 0.15) is 11.6 Å². The van der Waals surface area contributed by atoms with Crippen LogP contribution in [0.4, 0.5) is 8.78 Å². The molecule has 5 aromatic heterocycles. The Morgan fingerprint density at radius 2 is 0.483 bits per heavy atom. The first-order chi connectivity index (χ1) is 44.0. The molecule has 17 aromatic rings. The van der Waals surface area contributed by atoms with Gasteiger partial charge in [0.2, 0.25) is 0 Å². The Morgan fingerprint density at radius 3 is 0.820 bits per heavy atom. The summed E-state index contributed by atoms with van der Waals surface area (Å²) in [7, 11) is 0. The molecule has 0 atom stereocenters. The molecule has 0 bridgehead atoms. The number of nitrogens with one attached hydrogen (secondary N) is 1. The second-order valence-corrected chi connectivity index (χ2v) is 21.3. The van der Waals surface area contributed by atoms with Gasteiger partial charge in [-0.25, -0.2) is 38.7 Å². The molecule has 0 saturated carbocycles. The van der Waals surface area contributed by atoms with Crippen molar-refractivity contribution in [1.29, 1.82) is 0 Å². The summed E-state index contributed by atoms with van der Waals surface area (Å²) in [6.45, 7) is 0. The fraction of sp³-hybridized carbons (Fsp3) is 0. The third-order valence-corrected chi connectivity index (χ3v) is 15.9. The van der Waals surface area contributed by atoms with Crippen molar-refractivity contribution in [2.75, 3.05) is 0 Å². The largest absolute Gasteiger partial charge is 0.355 e. The third kappa shape index (κ3) is 10.2. The van der Waals surface area contributed by atoms with E-state index in [1.807, 2.05) is 97.1 Å². The van der Waals surface area contributed by atoms with E-state index >= 15 is 0 Å². The molecule has 1 N–H and O–H groups in total. The van der Waals surface area contributed by atoms with Crippen molar-refractivity contribution in [2.24, 2.45) is 0 Å². The molecule has 89 heavy (non-hydrogen) atoms. The molecule has 0 aliphatic rings. The smallest absolute Gasteiger partial charge is 0.170 e. The normalized spacial score (nSPS) is 11.3. The van der Waals surface area contributed by atoms with E-state index in [1.54, 1.807) is 0 Å². The lowest BCUT2D eigenvalue weighted by Crippen LogP contribution is -2.07. The van der Waals surface area contributed by atoms with Gasteiger partial charge in [0.05, 0.1) is 44.6 Å². The van der Waals surface area contributed by atoms with Crippen molar-refractivity contribution in [2.45, 2.75) is 0 Å². The highest BCUT2D eigenvalue weighted by atomic mass is 19.1. The van der Waals surface area contributed by atoms with Crippen LogP contribution in [-0.4, -0.2) is 44.0 Å². The molecule has 0 fully saturated rings. The van der Waals surface area contributed by atoms with Crippen LogP contribution in [0, 0.1) is 11.6 Å². The number of hydrogen-bond acceptors (Lipinski definition) is 6. The summed E-state index contributed by atoms with van der Waals surface area (Å²) < 4.78 is 33.3. The van der Waals surface area contributed by atoms with Crippen LogP contribution in [0.1, 0.15) is 0 Å². The summed E-state index contributed by atoms with van der Waals surface area (Å²) in [5.41, 5.74) is 12.9. The third-order valence-electron chi connectivity index (χ3n) is 15.9. The van der Waals surface area contributed by atoms with Crippen LogP contribution in [0.15, 0.2) is 303 Å². The molecular weight excluding hydrogens is 1100 g/mol. The Labute approximate surface area is 510 Å². The number of hydrogen-bond donors (Lipinski definition) is 1. The SMILES string of the molecule is Fc1cccc(F)c1-c1nc(-c2ccccc2)nc(-c2ccccc2)n1.c1ccc(-c2nc(-c3ccccc3)nc(-c3c(-n4c5ccccc5c5ccccc54)cccc3-n3c4ccccc4c4ccccc43)n2)cc1.c1ccc2c(c1)[nH]c1ccccc12. The molecular formula is C78H51F2N9. The van der Waals surface area contributed by atoms with Crippen LogP contribution in [0.5, 0.6) is 0 Å². The van der Waals surface area contributed by atoms with E-state index in [-0.39, 0.29) is 11.4 Å². The number of nitrogens with zero attached hydrogens (tertiary/aromatic N) is 8. The van der Waals surface area contributed by atoms with Crippen molar-refractivity contribution in [3.8, 4) is 79.7 Å². The first kappa shape index (κ1) is 53.6. The Bertz CT molecular complexity index is 4990. The maximum Gasteiger partial charge on any atom is 0.170 e. The molecule has 0 spiro atoms. The highest BCUT2D eigenvalue weighted by Gasteiger charge is 2.25.